The van der Waals surface area contributed by atoms with Crippen molar-refractivity contribution in [2.45, 2.75) is 5.75 Å². The molecule has 128 valence electrons. The molecule has 0 amide bonds. The Bertz CT molecular complexity index is 800. The van der Waals surface area contributed by atoms with Crippen LogP contribution in [0.4, 0.5) is 5.69 Å². The third-order valence-corrected chi connectivity index (χ3v) is 5.77. The Balaban J connectivity index is 2.39. The standard InChI is InChI=1S/C17H17Cl2NO3S/c1-3-11-20(13-7-9-14(23-2)10-8-13)24(21,22)12-15-16(18)5-4-6-17(15)19/h3-10H,1,11-12H2,2H3. The highest BCUT2D eigenvalue weighted by atomic mass is 35.5. The lowest BCUT2D eigenvalue weighted by atomic mass is 10.2. The first-order chi connectivity index (χ1) is 11.4. The van der Waals surface area contributed by atoms with E-state index in [0.717, 1.165) is 0 Å². The molecule has 2 aromatic carbocycles. The molecule has 0 heterocycles. The molecule has 0 bridgehead atoms. The van der Waals surface area contributed by atoms with Gasteiger partial charge in [0.1, 0.15) is 5.75 Å². The van der Waals surface area contributed by atoms with Gasteiger partial charge in [0, 0.05) is 15.6 Å². The van der Waals surface area contributed by atoms with Crippen LogP contribution in [0.25, 0.3) is 0 Å². The molecule has 0 saturated carbocycles. The fourth-order valence-corrected chi connectivity index (χ4v) is 4.47. The summed E-state index contributed by atoms with van der Waals surface area (Å²) in [4.78, 5) is 0. The Labute approximate surface area is 152 Å². The number of nitrogens with zero attached hydrogens (tertiary/aromatic N) is 1. The molecule has 0 aliphatic heterocycles. The quantitative estimate of drug-likeness (QED) is 0.657. The third-order valence-electron chi connectivity index (χ3n) is 3.38. The van der Waals surface area contributed by atoms with Gasteiger partial charge in [-0.3, -0.25) is 4.31 Å². The number of rotatable bonds is 7. The first kappa shape index (κ1) is 18.6. The fraction of sp³-hybridized carbons (Fsp3) is 0.176. The first-order valence-electron chi connectivity index (χ1n) is 7.07. The zero-order valence-corrected chi connectivity index (χ0v) is 15.4. The number of ether oxygens (including phenoxy) is 1. The van der Waals surface area contributed by atoms with Gasteiger partial charge in [0.25, 0.3) is 0 Å². The summed E-state index contributed by atoms with van der Waals surface area (Å²) >= 11 is 12.2. The normalized spacial score (nSPS) is 11.1. The second-order valence-electron chi connectivity index (χ2n) is 4.97. The first-order valence-corrected chi connectivity index (χ1v) is 9.44. The van der Waals surface area contributed by atoms with Crippen LogP contribution in [0.1, 0.15) is 5.56 Å². The van der Waals surface area contributed by atoms with Crippen LogP contribution in [-0.2, 0) is 15.8 Å². The topological polar surface area (TPSA) is 46.6 Å². The van der Waals surface area contributed by atoms with Gasteiger partial charge < -0.3 is 4.74 Å². The molecule has 24 heavy (non-hydrogen) atoms. The predicted molar refractivity (Wildman–Crippen MR) is 99.6 cm³/mol. The van der Waals surface area contributed by atoms with E-state index >= 15 is 0 Å². The van der Waals surface area contributed by atoms with Crippen LogP contribution in [0.3, 0.4) is 0 Å². The second kappa shape index (κ2) is 7.92. The molecule has 2 aromatic rings. The van der Waals surface area contributed by atoms with Gasteiger partial charge in [-0.2, -0.15) is 0 Å². The van der Waals surface area contributed by atoms with Gasteiger partial charge in [-0.25, -0.2) is 8.42 Å². The zero-order valence-electron chi connectivity index (χ0n) is 13.1. The molecule has 0 N–H and O–H groups in total. The Morgan fingerprint density at radius 2 is 1.71 bits per heavy atom. The minimum Gasteiger partial charge on any atom is -0.497 e. The number of benzene rings is 2. The highest BCUT2D eigenvalue weighted by Gasteiger charge is 2.24. The van der Waals surface area contributed by atoms with Crippen molar-refractivity contribution in [2.75, 3.05) is 18.0 Å². The molecule has 2 rings (SSSR count). The summed E-state index contributed by atoms with van der Waals surface area (Å²) in [5.41, 5.74) is 0.891. The van der Waals surface area contributed by atoms with Gasteiger partial charge in [0.05, 0.1) is 25.1 Å². The number of hydrogen-bond acceptors (Lipinski definition) is 3. The predicted octanol–water partition coefficient (Wildman–Crippen LogP) is 4.52. The van der Waals surface area contributed by atoms with E-state index in [9.17, 15) is 8.42 Å². The van der Waals surface area contributed by atoms with Crippen molar-refractivity contribution >= 4 is 38.9 Å². The summed E-state index contributed by atoms with van der Waals surface area (Å²) in [6, 6.07) is 11.6. The number of anilines is 1. The monoisotopic (exact) mass is 385 g/mol. The van der Waals surface area contributed by atoms with Gasteiger partial charge in [-0.05, 0) is 36.4 Å². The van der Waals surface area contributed by atoms with Crippen LogP contribution in [-0.4, -0.2) is 22.1 Å². The van der Waals surface area contributed by atoms with Gasteiger partial charge in [0.2, 0.25) is 10.0 Å². The molecular formula is C17H17Cl2NO3S. The summed E-state index contributed by atoms with van der Waals surface area (Å²) in [5.74, 6) is 0.342. The van der Waals surface area contributed by atoms with Crippen LogP contribution in [0.5, 0.6) is 5.75 Å². The number of sulfonamides is 1. The zero-order chi connectivity index (χ0) is 17.7. The summed E-state index contributed by atoms with van der Waals surface area (Å²) in [5, 5.41) is 0.638. The van der Waals surface area contributed by atoms with E-state index in [4.69, 9.17) is 27.9 Å². The van der Waals surface area contributed by atoms with Gasteiger partial charge in [0.15, 0.2) is 0 Å². The van der Waals surface area contributed by atoms with Crippen molar-refractivity contribution in [3.05, 3.63) is 70.7 Å². The van der Waals surface area contributed by atoms with Crippen LogP contribution < -0.4 is 9.04 Å². The molecule has 0 fully saturated rings. The highest BCUT2D eigenvalue weighted by molar-refractivity contribution is 7.92. The van der Waals surface area contributed by atoms with E-state index < -0.39 is 10.0 Å². The molecule has 0 aliphatic rings. The maximum Gasteiger partial charge on any atom is 0.239 e. The molecule has 0 radical (unpaired) electrons. The average Bonchev–Trinajstić information content (AvgIpc) is 2.56. The summed E-state index contributed by atoms with van der Waals surface area (Å²) in [6.07, 6.45) is 1.52. The van der Waals surface area contributed by atoms with E-state index in [0.29, 0.717) is 27.0 Å². The molecule has 7 heteroatoms. The molecule has 0 spiro atoms. The highest BCUT2D eigenvalue weighted by Crippen LogP contribution is 2.29. The van der Waals surface area contributed by atoms with E-state index in [1.165, 1.54) is 10.4 Å². The molecule has 0 unspecified atom stereocenters. The van der Waals surface area contributed by atoms with Crippen LogP contribution in [0, 0.1) is 0 Å². The number of hydrogen-bond donors (Lipinski definition) is 0. The fourth-order valence-electron chi connectivity index (χ4n) is 2.18. The number of halogens is 2. The van der Waals surface area contributed by atoms with E-state index in [-0.39, 0.29) is 12.3 Å². The SMILES string of the molecule is C=CCN(c1ccc(OC)cc1)S(=O)(=O)Cc1c(Cl)cccc1Cl. The molecule has 0 aromatic heterocycles. The van der Waals surface area contributed by atoms with E-state index in [1.54, 1.807) is 49.6 Å². The van der Waals surface area contributed by atoms with Crippen molar-refractivity contribution in [2.24, 2.45) is 0 Å². The minimum atomic E-state index is -3.70. The van der Waals surface area contributed by atoms with Crippen molar-refractivity contribution in [3.8, 4) is 5.75 Å². The van der Waals surface area contributed by atoms with Gasteiger partial charge in [-0.15, -0.1) is 6.58 Å². The van der Waals surface area contributed by atoms with Crippen molar-refractivity contribution < 1.29 is 13.2 Å². The van der Waals surface area contributed by atoms with Gasteiger partial charge in [-0.1, -0.05) is 35.3 Å². The van der Waals surface area contributed by atoms with Crippen molar-refractivity contribution in [3.63, 3.8) is 0 Å². The van der Waals surface area contributed by atoms with Gasteiger partial charge >= 0.3 is 0 Å². The average molecular weight is 386 g/mol. The lowest BCUT2D eigenvalue weighted by Gasteiger charge is -2.24. The van der Waals surface area contributed by atoms with E-state index in [1.807, 2.05) is 0 Å². The van der Waals surface area contributed by atoms with Crippen LogP contribution in [0.2, 0.25) is 10.0 Å². The summed E-state index contributed by atoms with van der Waals surface area (Å²) < 4.78 is 32.1. The molecular weight excluding hydrogens is 369 g/mol. The van der Waals surface area contributed by atoms with Crippen LogP contribution >= 0.6 is 23.2 Å². The van der Waals surface area contributed by atoms with Crippen molar-refractivity contribution in [1.29, 1.82) is 0 Å². The largest absolute Gasteiger partial charge is 0.497 e. The summed E-state index contributed by atoms with van der Waals surface area (Å²) in [6.45, 7) is 3.77. The minimum absolute atomic E-state index is 0.136. The molecule has 4 nitrogen and oxygen atoms in total. The molecule has 0 aliphatic carbocycles. The Kier molecular flexibility index (Phi) is 6.15. The smallest absolute Gasteiger partial charge is 0.239 e. The lowest BCUT2D eigenvalue weighted by Crippen LogP contribution is -2.32. The molecule has 0 saturated heterocycles. The van der Waals surface area contributed by atoms with Crippen molar-refractivity contribution in [1.82, 2.24) is 0 Å². The maximum atomic E-state index is 12.9. The lowest BCUT2D eigenvalue weighted by molar-refractivity contribution is 0.415. The Hall–Kier alpha value is -1.69. The number of methoxy groups -OCH3 is 1. The second-order valence-corrected chi connectivity index (χ2v) is 7.68. The Morgan fingerprint density at radius 3 is 2.21 bits per heavy atom. The van der Waals surface area contributed by atoms with Crippen LogP contribution in [0.15, 0.2) is 55.1 Å². The molecule has 0 atom stereocenters. The van der Waals surface area contributed by atoms with E-state index in [2.05, 4.69) is 6.58 Å². The third kappa shape index (κ3) is 4.23. The maximum absolute atomic E-state index is 12.9. The summed E-state index contributed by atoms with van der Waals surface area (Å²) in [7, 11) is -2.15. The Morgan fingerprint density at radius 1 is 1.12 bits per heavy atom.